The van der Waals surface area contributed by atoms with Gasteiger partial charge in [0.15, 0.2) is 0 Å². The summed E-state index contributed by atoms with van der Waals surface area (Å²) in [5.41, 5.74) is 7.77. The third-order valence-corrected chi connectivity index (χ3v) is 3.30. The molecule has 2 aromatic carbocycles. The normalized spacial score (nSPS) is 11.2. The number of amides is 1. The van der Waals surface area contributed by atoms with Crippen molar-refractivity contribution in [2.24, 2.45) is 5.73 Å². The second-order valence-corrected chi connectivity index (χ2v) is 5.10. The summed E-state index contributed by atoms with van der Waals surface area (Å²) in [6.45, 7) is 3.23. The SMILES string of the molecule is CCCOc1ccc(CNC(=O)C(N)c2ccccc2)cc1.Cl. The molecule has 0 saturated heterocycles. The Kier molecular flexibility index (Phi) is 8.16. The summed E-state index contributed by atoms with van der Waals surface area (Å²) in [5.74, 6) is 0.662. The predicted molar refractivity (Wildman–Crippen MR) is 94.7 cm³/mol. The van der Waals surface area contributed by atoms with E-state index in [2.05, 4.69) is 12.2 Å². The minimum absolute atomic E-state index is 0. The molecule has 2 rings (SSSR count). The summed E-state index contributed by atoms with van der Waals surface area (Å²) in [4.78, 5) is 12.1. The summed E-state index contributed by atoms with van der Waals surface area (Å²) >= 11 is 0. The number of hydrogen-bond acceptors (Lipinski definition) is 3. The number of nitrogens with two attached hydrogens (primary N) is 1. The van der Waals surface area contributed by atoms with Gasteiger partial charge in [0.05, 0.1) is 6.61 Å². The first kappa shape index (κ1) is 19.0. The number of carbonyl (C=O) groups is 1. The first-order chi connectivity index (χ1) is 10.7. The quantitative estimate of drug-likeness (QED) is 0.817. The third-order valence-electron chi connectivity index (χ3n) is 3.30. The highest BCUT2D eigenvalue weighted by atomic mass is 35.5. The molecule has 0 saturated carbocycles. The molecule has 1 amide bonds. The number of rotatable bonds is 7. The molecule has 0 heterocycles. The lowest BCUT2D eigenvalue weighted by Gasteiger charge is -2.13. The van der Waals surface area contributed by atoms with E-state index in [1.165, 1.54) is 0 Å². The van der Waals surface area contributed by atoms with Crippen molar-refractivity contribution in [3.63, 3.8) is 0 Å². The summed E-state index contributed by atoms with van der Waals surface area (Å²) in [7, 11) is 0. The first-order valence-electron chi connectivity index (χ1n) is 7.50. The molecule has 2 aromatic rings. The van der Waals surface area contributed by atoms with Crippen LogP contribution in [0.2, 0.25) is 0 Å². The number of halogens is 1. The zero-order valence-electron chi connectivity index (χ0n) is 13.2. The van der Waals surface area contributed by atoms with E-state index in [0.29, 0.717) is 13.2 Å². The molecule has 0 aliphatic carbocycles. The number of nitrogens with one attached hydrogen (secondary N) is 1. The average molecular weight is 335 g/mol. The summed E-state index contributed by atoms with van der Waals surface area (Å²) < 4.78 is 5.52. The average Bonchev–Trinajstić information content (AvgIpc) is 2.58. The molecule has 3 N–H and O–H groups in total. The van der Waals surface area contributed by atoms with Crippen molar-refractivity contribution in [1.29, 1.82) is 0 Å². The fourth-order valence-electron chi connectivity index (χ4n) is 2.03. The van der Waals surface area contributed by atoms with E-state index in [1.54, 1.807) is 0 Å². The molecule has 4 nitrogen and oxygen atoms in total. The Balaban J connectivity index is 0.00000264. The maximum Gasteiger partial charge on any atom is 0.241 e. The number of ether oxygens (including phenoxy) is 1. The van der Waals surface area contributed by atoms with Crippen LogP contribution in [0.25, 0.3) is 0 Å². The molecule has 0 aromatic heterocycles. The molecule has 0 spiro atoms. The highest BCUT2D eigenvalue weighted by Crippen LogP contribution is 2.13. The standard InChI is InChI=1S/C18H22N2O2.ClH/c1-2-12-22-16-10-8-14(9-11-16)13-20-18(21)17(19)15-6-4-3-5-7-15;/h3-11,17H,2,12-13,19H2,1H3,(H,20,21);1H. The van der Waals surface area contributed by atoms with Gasteiger partial charge in [-0.2, -0.15) is 0 Å². The lowest BCUT2D eigenvalue weighted by molar-refractivity contribution is -0.122. The number of benzene rings is 2. The molecule has 0 aliphatic rings. The van der Waals surface area contributed by atoms with Gasteiger partial charge < -0.3 is 15.8 Å². The van der Waals surface area contributed by atoms with Crippen molar-refractivity contribution in [2.45, 2.75) is 25.9 Å². The zero-order valence-corrected chi connectivity index (χ0v) is 14.0. The van der Waals surface area contributed by atoms with E-state index < -0.39 is 6.04 Å². The van der Waals surface area contributed by atoms with E-state index in [0.717, 1.165) is 23.3 Å². The second kappa shape index (κ2) is 9.87. The van der Waals surface area contributed by atoms with E-state index >= 15 is 0 Å². The van der Waals surface area contributed by atoms with Crippen LogP contribution in [-0.4, -0.2) is 12.5 Å². The molecule has 1 unspecified atom stereocenters. The molecular formula is C18H23ClN2O2. The van der Waals surface area contributed by atoms with Crippen LogP contribution in [0.5, 0.6) is 5.75 Å². The minimum atomic E-state index is -0.645. The van der Waals surface area contributed by atoms with Crippen LogP contribution in [0.3, 0.4) is 0 Å². The zero-order chi connectivity index (χ0) is 15.8. The van der Waals surface area contributed by atoms with Crippen LogP contribution >= 0.6 is 12.4 Å². The van der Waals surface area contributed by atoms with Gasteiger partial charge >= 0.3 is 0 Å². The molecule has 0 fully saturated rings. The highest BCUT2D eigenvalue weighted by molar-refractivity contribution is 5.85. The van der Waals surface area contributed by atoms with Gasteiger partial charge in [0.25, 0.3) is 0 Å². The topological polar surface area (TPSA) is 64.3 Å². The maximum atomic E-state index is 12.1. The van der Waals surface area contributed by atoms with E-state index in [1.807, 2.05) is 54.6 Å². The summed E-state index contributed by atoms with van der Waals surface area (Å²) in [5, 5.41) is 2.86. The third kappa shape index (κ3) is 5.93. The molecule has 23 heavy (non-hydrogen) atoms. The van der Waals surface area contributed by atoms with Crippen LogP contribution in [0.1, 0.15) is 30.5 Å². The first-order valence-corrected chi connectivity index (χ1v) is 7.50. The molecular weight excluding hydrogens is 312 g/mol. The maximum absolute atomic E-state index is 12.1. The Morgan fingerprint density at radius 3 is 2.39 bits per heavy atom. The summed E-state index contributed by atoms with van der Waals surface area (Å²) in [6.07, 6.45) is 0.981. The Morgan fingerprint density at radius 1 is 1.13 bits per heavy atom. The summed E-state index contributed by atoms with van der Waals surface area (Å²) in [6, 6.07) is 16.4. The van der Waals surface area contributed by atoms with Crippen molar-refractivity contribution < 1.29 is 9.53 Å². The van der Waals surface area contributed by atoms with Gasteiger partial charge in [-0.25, -0.2) is 0 Å². The molecule has 5 heteroatoms. The predicted octanol–water partition coefficient (Wildman–Crippen LogP) is 3.21. The van der Waals surface area contributed by atoms with E-state index in [9.17, 15) is 4.79 Å². The fraction of sp³-hybridized carbons (Fsp3) is 0.278. The van der Waals surface area contributed by atoms with Gasteiger partial charge in [0, 0.05) is 6.54 Å². The Labute approximate surface area is 143 Å². The van der Waals surface area contributed by atoms with Crippen LogP contribution in [0.15, 0.2) is 54.6 Å². The molecule has 0 radical (unpaired) electrons. The Hall–Kier alpha value is -2.04. The van der Waals surface area contributed by atoms with Crippen LogP contribution in [0.4, 0.5) is 0 Å². The highest BCUT2D eigenvalue weighted by Gasteiger charge is 2.14. The van der Waals surface area contributed by atoms with Gasteiger partial charge in [0.2, 0.25) is 5.91 Å². The molecule has 124 valence electrons. The van der Waals surface area contributed by atoms with Gasteiger partial charge in [0.1, 0.15) is 11.8 Å². The molecule has 0 bridgehead atoms. The molecule has 1 atom stereocenters. The largest absolute Gasteiger partial charge is 0.494 e. The van der Waals surface area contributed by atoms with Crippen LogP contribution in [-0.2, 0) is 11.3 Å². The van der Waals surface area contributed by atoms with Gasteiger partial charge in [-0.05, 0) is 29.7 Å². The van der Waals surface area contributed by atoms with Crippen LogP contribution in [0, 0.1) is 0 Å². The Morgan fingerprint density at radius 2 is 1.78 bits per heavy atom. The fourth-order valence-corrected chi connectivity index (χ4v) is 2.03. The van der Waals surface area contributed by atoms with Gasteiger partial charge in [-0.3, -0.25) is 4.79 Å². The monoisotopic (exact) mass is 334 g/mol. The van der Waals surface area contributed by atoms with Crippen molar-refractivity contribution in [3.8, 4) is 5.75 Å². The van der Waals surface area contributed by atoms with Crippen molar-refractivity contribution >= 4 is 18.3 Å². The Bertz CT molecular complexity index is 588. The van der Waals surface area contributed by atoms with Crippen molar-refractivity contribution in [1.82, 2.24) is 5.32 Å². The van der Waals surface area contributed by atoms with Crippen molar-refractivity contribution in [3.05, 3.63) is 65.7 Å². The number of hydrogen-bond donors (Lipinski definition) is 2. The second-order valence-electron chi connectivity index (χ2n) is 5.10. The van der Waals surface area contributed by atoms with E-state index in [4.69, 9.17) is 10.5 Å². The lowest BCUT2D eigenvalue weighted by atomic mass is 10.1. The number of carbonyl (C=O) groups excluding carboxylic acids is 1. The van der Waals surface area contributed by atoms with Gasteiger partial charge in [-0.15, -0.1) is 12.4 Å². The van der Waals surface area contributed by atoms with Crippen molar-refractivity contribution in [2.75, 3.05) is 6.61 Å². The lowest BCUT2D eigenvalue weighted by Crippen LogP contribution is -2.33. The minimum Gasteiger partial charge on any atom is -0.494 e. The molecule has 0 aliphatic heterocycles. The van der Waals surface area contributed by atoms with E-state index in [-0.39, 0.29) is 18.3 Å². The van der Waals surface area contributed by atoms with Gasteiger partial charge in [-0.1, -0.05) is 49.4 Å². The van der Waals surface area contributed by atoms with Crippen LogP contribution < -0.4 is 15.8 Å². The smallest absolute Gasteiger partial charge is 0.241 e.